The zero-order valence-corrected chi connectivity index (χ0v) is 26.1. The van der Waals surface area contributed by atoms with E-state index in [1.54, 1.807) is 0 Å². The molecule has 3 heterocycles. The lowest BCUT2D eigenvalue weighted by Crippen LogP contribution is -2.06. The predicted octanol–water partition coefficient (Wildman–Crippen LogP) is 11.5. The van der Waals surface area contributed by atoms with Crippen LogP contribution in [0.15, 0.2) is 174 Å². The summed E-state index contributed by atoms with van der Waals surface area (Å²) in [5.74, 6) is 0.337. The molecule has 10 rings (SSSR count). The van der Waals surface area contributed by atoms with E-state index >= 15 is 0 Å². The van der Waals surface area contributed by atoms with Gasteiger partial charge >= 0.3 is 0 Å². The zero-order valence-electron chi connectivity index (χ0n) is 36.1. The molecule has 0 spiro atoms. The van der Waals surface area contributed by atoms with Gasteiger partial charge in [-0.15, -0.1) is 0 Å². The Morgan fingerprint density at radius 1 is 0.460 bits per heavy atom. The highest BCUT2D eigenvalue weighted by Crippen LogP contribution is 2.40. The molecule has 234 valence electrons. The number of aromatic nitrogens is 4. The monoisotopic (exact) mass is 650 g/mol. The Labute approximate surface area is 301 Å². The van der Waals surface area contributed by atoms with E-state index in [1.807, 2.05) is 109 Å². The molecule has 50 heavy (non-hydrogen) atoms. The van der Waals surface area contributed by atoms with Crippen LogP contribution in [-0.2, 0) is 0 Å². The molecule has 0 saturated heterocycles. The highest BCUT2D eigenvalue weighted by molar-refractivity contribution is 6.21. The van der Waals surface area contributed by atoms with Crippen molar-refractivity contribution in [1.82, 2.24) is 19.5 Å². The number of benzene rings is 7. The van der Waals surface area contributed by atoms with Crippen LogP contribution in [0.4, 0.5) is 0 Å². The van der Waals surface area contributed by atoms with Crippen LogP contribution >= 0.6 is 0 Å². The molecule has 5 heteroatoms. The van der Waals surface area contributed by atoms with Crippen LogP contribution in [0.3, 0.4) is 0 Å². The summed E-state index contributed by atoms with van der Waals surface area (Å²) in [6.07, 6.45) is 0. The lowest BCUT2D eigenvalue weighted by atomic mass is 10.0. The maximum Gasteiger partial charge on any atom is 0.238 e. The van der Waals surface area contributed by atoms with Crippen molar-refractivity contribution in [3.63, 3.8) is 0 Å². The van der Waals surface area contributed by atoms with Gasteiger partial charge in [0.2, 0.25) is 5.95 Å². The van der Waals surface area contributed by atoms with Crippen LogP contribution in [0.1, 0.15) is 13.7 Å². The normalized spacial score (nSPS) is 14.4. The molecule has 0 fully saturated rings. The van der Waals surface area contributed by atoms with Gasteiger partial charge in [0, 0.05) is 32.7 Å². The summed E-state index contributed by atoms with van der Waals surface area (Å²) in [6.45, 7) is 0. The molecule has 0 aliphatic rings. The third-order valence-corrected chi connectivity index (χ3v) is 8.74. The second kappa shape index (κ2) is 11.4. The highest BCUT2D eigenvalue weighted by atomic mass is 16.3. The van der Waals surface area contributed by atoms with Gasteiger partial charge in [-0.2, -0.15) is 9.97 Å². The van der Waals surface area contributed by atoms with Gasteiger partial charge in [0.1, 0.15) is 11.1 Å². The largest absolute Gasteiger partial charge is 0.454 e. The summed E-state index contributed by atoms with van der Waals surface area (Å²) >= 11 is 0. The Hall–Kier alpha value is -6.85. The predicted molar refractivity (Wildman–Crippen MR) is 203 cm³/mol. The maximum absolute atomic E-state index is 9.38. The molecule has 0 saturated carbocycles. The molecule has 0 bridgehead atoms. The van der Waals surface area contributed by atoms with Gasteiger partial charge in [0.25, 0.3) is 0 Å². The molecule has 0 N–H and O–H groups in total. The van der Waals surface area contributed by atoms with Crippen molar-refractivity contribution in [2.24, 2.45) is 0 Å². The lowest BCUT2D eigenvalue weighted by molar-refractivity contribution is 0.670. The summed E-state index contributed by atoms with van der Waals surface area (Å²) in [5, 5.41) is -0.351. The maximum atomic E-state index is 9.38. The first-order valence-electron chi connectivity index (χ1n) is 20.9. The van der Waals surface area contributed by atoms with E-state index in [1.165, 1.54) is 4.57 Å². The first kappa shape index (κ1) is 19.8. The van der Waals surface area contributed by atoms with E-state index in [0.29, 0.717) is 11.1 Å². The van der Waals surface area contributed by atoms with Crippen LogP contribution in [0.2, 0.25) is 0 Å². The number of hydrogen-bond acceptors (Lipinski definition) is 4. The van der Waals surface area contributed by atoms with Crippen molar-refractivity contribution in [1.29, 1.82) is 0 Å². The fourth-order valence-corrected chi connectivity index (χ4v) is 6.42. The first-order chi connectivity index (χ1) is 28.9. The summed E-state index contributed by atoms with van der Waals surface area (Å²) in [6, 6.07) is 29.8. The molecule has 0 radical (unpaired) electrons. The zero-order chi connectivity index (χ0) is 41.7. The van der Waals surface area contributed by atoms with Crippen LogP contribution < -0.4 is 0 Å². The van der Waals surface area contributed by atoms with Crippen molar-refractivity contribution in [3.8, 4) is 51.0 Å². The average Bonchev–Trinajstić information content (AvgIpc) is 3.87. The second-order valence-electron chi connectivity index (χ2n) is 11.7. The number of rotatable bonds is 5. The van der Waals surface area contributed by atoms with Crippen LogP contribution in [0, 0.1) is 0 Å². The van der Waals surface area contributed by atoms with Crippen molar-refractivity contribution < 1.29 is 18.1 Å². The van der Waals surface area contributed by atoms with Crippen molar-refractivity contribution in [2.75, 3.05) is 0 Å². The minimum Gasteiger partial charge on any atom is -0.454 e. The lowest BCUT2D eigenvalue weighted by Gasteiger charge is -2.12. The summed E-state index contributed by atoms with van der Waals surface area (Å²) in [4.78, 5) is 15.0. The number of para-hydroxylation sites is 2. The molecule has 0 unspecified atom stereocenters. The van der Waals surface area contributed by atoms with E-state index in [0.717, 1.165) is 22.3 Å². The average molecular weight is 651 g/mol. The van der Waals surface area contributed by atoms with Gasteiger partial charge in [0.05, 0.1) is 19.2 Å². The molecule has 0 atom stereocenters. The van der Waals surface area contributed by atoms with Crippen LogP contribution in [-0.4, -0.2) is 19.5 Å². The third-order valence-electron chi connectivity index (χ3n) is 8.74. The topological polar surface area (TPSA) is 56.7 Å². The molecular weight excluding hydrogens is 613 g/mol. The number of nitrogens with zero attached hydrogens (tertiary/aromatic N) is 4. The van der Waals surface area contributed by atoms with Crippen molar-refractivity contribution >= 4 is 43.7 Å². The fourth-order valence-electron chi connectivity index (χ4n) is 6.42. The Kier molecular flexibility index (Phi) is 4.52. The van der Waals surface area contributed by atoms with Gasteiger partial charge in [-0.05, 0) is 52.5 Å². The Balaban J connectivity index is 1.38. The van der Waals surface area contributed by atoms with E-state index in [2.05, 4.69) is 0 Å². The highest BCUT2D eigenvalue weighted by Gasteiger charge is 2.22. The second-order valence-corrected chi connectivity index (χ2v) is 11.7. The minimum absolute atomic E-state index is 0.0137. The standard InChI is InChI=1S/C45H28N4O/c1-3-13-29(14-4-1)31-17-11-19-33(27-31)43-46-44(34-20-12-18-32(28-34)30-15-5-2-6-16-30)48-45(47-43)49-39-23-9-7-21-35(39)37-25-26-38-36-22-8-10-24-40(36)50-42(38)41(37)49/h1-28H/i7D,8D,9D,10D,21D,22D,23D,24D,25D,26D. The molecule has 0 aliphatic carbocycles. The number of fused-ring (bicyclic) bond motifs is 7. The molecule has 0 aliphatic heterocycles. The van der Waals surface area contributed by atoms with E-state index in [-0.39, 0.29) is 61.3 Å². The first-order valence-corrected chi connectivity index (χ1v) is 15.9. The van der Waals surface area contributed by atoms with Crippen LogP contribution in [0.25, 0.3) is 94.7 Å². The van der Waals surface area contributed by atoms with Crippen molar-refractivity contribution in [3.05, 3.63) is 170 Å². The summed E-state index contributed by atoms with van der Waals surface area (Å²) < 4.78 is 96.3. The summed E-state index contributed by atoms with van der Waals surface area (Å²) in [7, 11) is 0. The molecule has 3 aromatic heterocycles. The SMILES string of the molecule is [2H]c1c([2H])c([2H])c2c(oc3c2c([2H])c([2H])c2c4c([2H])c([2H])c([2H])c([2H])c4n(-c4nc(-c5cccc(-c6ccccc6)c5)nc(-c5cccc(-c6ccccc6)c5)n4)c32)c1[2H]. The third kappa shape index (κ3) is 4.60. The number of hydrogen-bond donors (Lipinski definition) is 0. The molecule has 0 amide bonds. The molecule has 10 aromatic rings. The van der Waals surface area contributed by atoms with Gasteiger partial charge in [0.15, 0.2) is 17.2 Å². The van der Waals surface area contributed by atoms with E-state index < -0.39 is 60.4 Å². The van der Waals surface area contributed by atoms with Gasteiger partial charge in [-0.1, -0.05) is 139 Å². The number of furan rings is 1. The van der Waals surface area contributed by atoms with Gasteiger partial charge in [-0.3, -0.25) is 4.57 Å². The van der Waals surface area contributed by atoms with Crippen molar-refractivity contribution in [2.45, 2.75) is 0 Å². The fraction of sp³-hybridized carbons (Fsp3) is 0. The minimum atomic E-state index is -0.561. The molecular formula is C45H28N4O. The van der Waals surface area contributed by atoms with Gasteiger partial charge < -0.3 is 4.42 Å². The Morgan fingerprint density at radius 2 is 1.00 bits per heavy atom. The van der Waals surface area contributed by atoms with E-state index in [4.69, 9.17) is 29.0 Å². The summed E-state index contributed by atoms with van der Waals surface area (Å²) in [5.41, 5.74) is 4.40. The Morgan fingerprint density at radius 3 is 1.66 bits per heavy atom. The van der Waals surface area contributed by atoms with Gasteiger partial charge in [-0.25, -0.2) is 4.98 Å². The molecule has 7 aromatic carbocycles. The smallest absolute Gasteiger partial charge is 0.238 e. The quantitative estimate of drug-likeness (QED) is 0.186. The van der Waals surface area contributed by atoms with E-state index in [9.17, 15) is 4.11 Å². The Bertz CT molecular complexity index is 3340. The van der Waals surface area contributed by atoms with Crippen LogP contribution in [0.5, 0.6) is 0 Å². The molecule has 5 nitrogen and oxygen atoms in total.